The van der Waals surface area contributed by atoms with Crippen LogP contribution in [0.15, 0.2) is 47.5 Å². The zero-order valence-electron chi connectivity index (χ0n) is 14.8. The van der Waals surface area contributed by atoms with Gasteiger partial charge in [-0.15, -0.1) is 24.0 Å². The first kappa shape index (κ1) is 21.0. The van der Waals surface area contributed by atoms with E-state index in [1.165, 1.54) is 5.56 Å². The smallest absolute Gasteiger partial charge is 0.213 e. The van der Waals surface area contributed by atoms with Gasteiger partial charge < -0.3 is 20.1 Å². The summed E-state index contributed by atoms with van der Waals surface area (Å²) in [5.41, 5.74) is 2.14. The van der Waals surface area contributed by atoms with E-state index in [0.717, 1.165) is 30.4 Å². The molecule has 0 fully saturated rings. The molecule has 0 atom stereocenters. The molecule has 0 saturated heterocycles. The molecule has 7 heteroatoms. The highest BCUT2D eigenvalue weighted by Gasteiger charge is 2.01. The van der Waals surface area contributed by atoms with Crippen molar-refractivity contribution >= 4 is 29.9 Å². The third-order valence-electron chi connectivity index (χ3n) is 3.52. The lowest BCUT2D eigenvalue weighted by Crippen LogP contribution is -2.38. The van der Waals surface area contributed by atoms with Crippen molar-refractivity contribution < 1.29 is 9.47 Å². The molecule has 6 nitrogen and oxygen atoms in total. The average Bonchev–Trinajstić information content (AvgIpc) is 2.65. The highest BCUT2D eigenvalue weighted by atomic mass is 127. The first-order valence-corrected chi connectivity index (χ1v) is 7.82. The van der Waals surface area contributed by atoms with Crippen molar-refractivity contribution in [3.8, 4) is 11.6 Å². The van der Waals surface area contributed by atoms with Crippen molar-refractivity contribution in [2.75, 3.05) is 27.8 Å². The number of nitrogens with zero attached hydrogens (tertiary/aromatic N) is 2. The predicted molar refractivity (Wildman–Crippen MR) is 111 cm³/mol. The largest absolute Gasteiger partial charge is 0.497 e. The van der Waals surface area contributed by atoms with Crippen LogP contribution in [0.1, 0.15) is 11.3 Å². The van der Waals surface area contributed by atoms with Crippen LogP contribution in [0.25, 0.3) is 0 Å². The normalized spacial score (nSPS) is 10.6. The number of hydrogen-bond acceptors (Lipinski definition) is 4. The van der Waals surface area contributed by atoms with Crippen LogP contribution in [0.2, 0.25) is 0 Å². The molecule has 0 aliphatic rings. The van der Waals surface area contributed by atoms with E-state index in [2.05, 4.69) is 32.7 Å². The highest BCUT2D eigenvalue weighted by Crippen LogP contribution is 2.11. The van der Waals surface area contributed by atoms with Crippen molar-refractivity contribution in [3.05, 3.63) is 53.7 Å². The Morgan fingerprint density at radius 2 is 1.80 bits per heavy atom. The molecule has 0 unspecified atom stereocenters. The number of aliphatic imine (C=N–C) groups is 1. The maximum atomic E-state index is 5.16. The van der Waals surface area contributed by atoms with E-state index >= 15 is 0 Å². The van der Waals surface area contributed by atoms with E-state index in [-0.39, 0.29) is 24.0 Å². The quantitative estimate of drug-likeness (QED) is 0.381. The Kier molecular flexibility index (Phi) is 9.68. The standard InChI is InChI=1S/C18H24N4O2.HI/c1-19-18(21-13-15-5-4-6-17(22-15)24-3)20-12-11-14-7-9-16(23-2)10-8-14;/h4-10H,11-13H2,1-3H3,(H2,19,20,21);1H. The lowest BCUT2D eigenvalue weighted by atomic mass is 10.1. The van der Waals surface area contributed by atoms with Crippen LogP contribution in [0, 0.1) is 0 Å². The second kappa shape index (κ2) is 11.5. The summed E-state index contributed by atoms with van der Waals surface area (Å²) in [4.78, 5) is 8.58. The average molecular weight is 456 g/mol. The van der Waals surface area contributed by atoms with Gasteiger partial charge in [0.05, 0.1) is 26.5 Å². The molecule has 0 saturated carbocycles. The van der Waals surface area contributed by atoms with Crippen LogP contribution < -0.4 is 20.1 Å². The van der Waals surface area contributed by atoms with E-state index in [1.807, 2.05) is 30.3 Å². The van der Waals surface area contributed by atoms with Gasteiger partial charge in [0.2, 0.25) is 5.88 Å². The summed E-state index contributed by atoms with van der Waals surface area (Å²) in [5, 5.41) is 6.54. The molecule has 136 valence electrons. The molecule has 0 aliphatic heterocycles. The van der Waals surface area contributed by atoms with Crippen LogP contribution >= 0.6 is 24.0 Å². The summed E-state index contributed by atoms with van der Waals surface area (Å²) in [6.07, 6.45) is 0.905. The van der Waals surface area contributed by atoms with Crippen molar-refractivity contribution in [2.24, 2.45) is 4.99 Å². The number of pyridine rings is 1. The van der Waals surface area contributed by atoms with E-state index in [9.17, 15) is 0 Å². The zero-order chi connectivity index (χ0) is 17.2. The second-order valence-electron chi connectivity index (χ2n) is 5.12. The van der Waals surface area contributed by atoms with Gasteiger partial charge in [0.1, 0.15) is 5.75 Å². The number of ether oxygens (including phenoxy) is 2. The van der Waals surface area contributed by atoms with Gasteiger partial charge in [-0.25, -0.2) is 4.98 Å². The molecule has 0 bridgehead atoms. The van der Waals surface area contributed by atoms with Gasteiger partial charge in [0, 0.05) is 19.7 Å². The minimum absolute atomic E-state index is 0. The Morgan fingerprint density at radius 3 is 2.44 bits per heavy atom. The minimum Gasteiger partial charge on any atom is -0.497 e. The first-order chi connectivity index (χ1) is 11.7. The summed E-state index contributed by atoms with van der Waals surface area (Å²) in [6, 6.07) is 13.8. The van der Waals surface area contributed by atoms with Crippen LogP contribution in [0.4, 0.5) is 0 Å². The highest BCUT2D eigenvalue weighted by molar-refractivity contribution is 14.0. The third kappa shape index (κ3) is 7.16. The van der Waals surface area contributed by atoms with Crippen molar-refractivity contribution in [2.45, 2.75) is 13.0 Å². The van der Waals surface area contributed by atoms with Crippen molar-refractivity contribution in [3.63, 3.8) is 0 Å². The molecule has 0 amide bonds. The summed E-state index contributed by atoms with van der Waals surface area (Å²) in [6.45, 7) is 1.37. The Labute approximate surface area is 166 Å². The number of hydrogen-bond donors (Lipinski definition) is 2. The van der Waals surface area contributed by atoms with Gasteiger partial charge in [0.25, 0.3) is 0 Å². The Morgan fingerprint density at radius 1 is 1.04 bits per heavy atom. The van der Waals surface area contributed by atoms with E-state index in [4.69, 9.17) is 9.47 Å². The molecule has 2 aromatic rings. The molecular weight excluding hydrogens is 431 g/mol. The minimum atomic E-state index is 0. The fourth-order valence-electron chi connectivity index (χ4n) is 2.18. The number of nitrogens with one attached hydrogen (secondary N) is 2. The van der Waals surface area contributed by atoms with Crippen LogP contribution in [0.5, 0.6) is 11.6 Å². The van der Waals surface area contributed by atoms with Gasteiger partial charge in [-0.1, -0.05) is 18.2 Å². The Balaban J connectivity index is 0.00000312. The number of methoxy groups -OCH3 is 2. The molecule has 0 spiro atoms. The van der Waals surface area contributed by atoms with Crippen molar-refractivity contribution in [1.29, 1.82) is 0 Å². The van der Waals surface area contributed by atoms with E-state index in [0.29, 0.717) is 12.4 Å². The molecule has 1 heterocycles. The fourth-order valence-corrected chi connectivity index (χ4v) is 2.18. The van der Waals surface area contributed by atoms with Gasteiger partial charge in [-0.3, -0.25) is 4.99 Å². The van der Waals surface area contributed by atoms with Gasteiger partial charge in [0.15, 0.2) is 5.96 Å². The lowest BCUT2D eigenvalue weighted by Gasteiger charge is -2.12. The summed E-state index contributed by atoms with van der Waals surface area (Å²) in [5.74, 6) is 2.22. The SMILES string of the molecule is CN=C(NCCc1ccc(OC)cc1)NCc1cccc(OC)n1.I. The molecule has 2 rings (SSSR count). The second-order valence-corrected chi connectivity index (χ2v) is 5.12. The van der Waals surface area contributed by atoms with E-state index in [1.54, 1.807) is 21.3 Å². The third-order valence-corrected chi connectivity index (χ3v) is 3.52. The number of benzene rings is 1. The summed E-state index contributed by atoms with van der Waals surface area (Å²) in [7, 11) is 5.03. The Hall–Kier alpha value is -2.03. The maximum absolute atomic E-state index is 5.16. The van der Waals surface area contributed by atoms with E-state index < -0.39 is 0 Å². The zero-order valence-corrected chi connectivity index (χ0v) is 17.1. The molecule has 1 aromatic carbocycles. The number of aromatic nitrogens is 1. The number of rotatable bonds is 7. The molecular formula is C18H25IN4O2. The summed E-state index contributed by atoms with van der Waals surface area (Å²) < 4.78 is 10.3. The predicted octanol–water partition coefficient (Wildman–Crippen LogP) is 2.62. The topological polar surface area (TPSA) is 67.8 Å². The van der Waals surface area contributed by atoms with Gasteiger partial charge >= 0.3 is 0 Å². The summed E-state index contributed by atoms with van der Waals surface area (Å²) >= 11 is 0. The van der Waals surface area contributed by atoms with Crippen LogP contribution in [0.3, 0.4) is 0 Å². The molecule has 2 N–H and O–H groups in total. The van der Waals surface area contributed by atoms with Crippen LogP contribution in [-0.2, 0) is 13.0 Å². The Bertz CT molecular complexity index is 662. The lowest BCUT2D eigenvalue weighted by molar-refractivity contribution is 0.396. The molecule has 0 aliphatic carbocycles. The monoisotopic (exact) mass is 456 g/mol. The molecule has 25 heavy (non-hydrogen) atoms. The fraction of sp³-hybridized carbons (Fsp3) is 0.333. The van der Waals surface area contributed by atoms with Crippen LogP contribution in [-0.4, -0.2) is 38.8 Å². The number of guanidine groups is 1. The molecule has 0 radical (unpaired) electrons. The number of halogens is 1. The molecule has 1 aromatic heterocycles. The maximum Gasteiger partial charge on any atom is 0.213 e. The van der Waals surface area contributed by atoms with Crippen molar-refractivity contribution in [1.82, 2.24) is 15.6 Å². The van der Waals surface area contributed by atoms with Gasteiger partial charge in [-0.05, 0) is 30.2 Å². The van der Waals surface area contributed by atoms with Gasteiger partial charge in [-0.2, -0.15) is 0 Å². The first-order valence-electron chi connectivity index (χ1n) is 7.82.